The van der Waals surface area contributed by atoms with Crippen molar-refractivity contribution >= 4 is 39.5 Å². The van der Waals surface area contributed by atoms with E-state index in [-0.39, 0.29) is 25.7 Å². The van der Waals surface area contributed by atoms with Gasteiger partial charge in [-0.15, -0.1) is 0 Å². The summed E-state index contributed by atoms with van der Waals surface area (Å²) < 4.78 is 69.0. The molecule has 0 saturated heterocycles. The maximum atomic E-state index is 13.2. The number of esters is 4. The third-order valence-corrected chi connectivity index (χ3v) is 23.5. The molecule has 0 radical (unpaired) electrons. The van der Waals surface area contributed by atoms with Gasteiger partial charge in [-0.2, -0.15) is 0 Å². The summed E-state index contributed by atoms with van der Waals surface area (Å²) in [5, 5.41) is 10.7. The number of aliphatic hydroxyl groups is 1. The molecular weight excluding hydrogens is 1400 g/mol. The van der Waals surface area contributed by atoms with Crippen LogP contribution in [0.2, 0.25) is 0 Å². The Morgan fingerprint density at radius 1 is 0.269 bits per heavy atom. The number of carbonyl (C=O) groups excluding carboxylic acids is 4. The summed E-state index contributed by atoms with van der Waals surface area (Å²) in [7, 11) is -9.93. The minimum atomic E-state index is -4.97. The van der Waals surface area contributed by atoms with Gasteiger partial charge in [0.05, 0.1) is 26.4 Å². The number of phosphoric acid groups is 2. The second-order valence-corrected chi connectivity index (χ2v) is 35.9. The predicted molar refractivity (Wildman–Crippen MR) is 446 cm³/mol. The van der Waals surface area contributed by atoms with Crippen LogP contribution >= 0.6 is 15.6 Å². The highest BCUT2D eigenvalue weighted by Crippen LogP contribution is 2.45. The molecule has 0 aromatic carbocycles. The smallest absolute Gasteiger partial charge is 0.462 e. The molecule has 0 fully saturated rings. The number of hydrogen-bond acceptors (Lipinski definition) is 15. The second-order valence-electron chi connectivity index (χ2n) is 32.9. The molecule has 0 aromatic heterocycles. The molecule has 0 rings (SSSR count). The fraction of sp³-hybridized carbons (Fsp3) is 0.955. The van der Waals surface area contributed by atoms with Gasteiger partial charge in [0.15, 0.2) is 12.2 Å². The van der Waals surface area contributed by atoms with Crippen LogP contribution in [0.1, 0.15) is 472 Å². The lowest BCUT2D eigenvalue weighted by atomic mass is 9.99. The van der Waals surface area contributed by atoms with Crippen molar-refractivity contribution in [2.24, 2.45) is 17.8 Å². The van der Waals surface area contributed by atoms with E-state index in [0.717, 1.165) is 108 Å². The zero-order valence-electron chi connectivity index (χ0n) is 71.3. The average molecular weight is 1580 g/mol. The molecule has 7 atom stereocenters. The first-order valence-corrected chi connectivity index (χ1v) is 48.9. The standard InChI is InChI=1S/C89H174O17P2/c1-8-11-12-13-14-15-16-17-18-21-25-32-37-42-51-58-65-73-89(94)106-85(77-100-87(92)71-64-57-50-45-44-48-55-62-69-82(7)10-3)79-104-108(97,98)102-75-83(90)74-101-107(95,96)103-78-84(76-99-86(91)70-63-56-49-41-36-31-28-27-29-34-39-46-53-60-67-80(4)5)105-88(93)72-66-59-52-43-38-33-26-23-20-19-22-24-30-35-40-47-54-61-68-81(6)9-2/h80-85,90H,8-79H2,1-7H3,(H,95,96)(H,97,98)/t81?,82?,83-,84-,85-/m1/s1. The Kier molecular flexibility index (Phi) is 77.5. The van der Waals surface area contributed by atoms with E-state index in [4.69, 9.17) is 37.0 Å². The number of hydrogen-bond donors (Lipinski definition) is 3. The lowest BCUT2D eigenvalue weighted by molar-refractivity contribution is -0.161. The summed E-state index contributed by atoms with van der Waals surface area (Å²) in [6.45, 7) is 12.1. The Labute approximate surface area is 664 Å². The minimum Gasteiger partial charge on any atom is -0.462 e. The van der Waals surface area contributed by atoms with Crippen molar-refractivity contribution in [2.45, 2.75) is 491 Å². The van der Waals surface area contributed by atoms with Crippen molar-refractivity contribution in [2.75, 3.05) is 39.6 Å². The molecular formula is C89H174O17P2. The summed E-state index contributed by atoms with van der Waals surface area (Å²) in [5.41, 5.74) is 0. The van der Waals surface area contributed by atoms with Crippen LogP contribution in [-0.4, -0.2) is 96.7 Å². The topological polar surface area (TPSA) is 237 Å². The summed E-state index contributed by atoms with van der Waals surface area (Å²) in [6.07, 6.45) is 70.7. The monoisotopic (exact) mass is 1580 g/mol. The third-order valence-electron chi connectivity index (χ3n) is 21.6. The number of unbranched alkanes of at least 4 members (excludes halogenated alkanes) is 53. The van der Waals surface area contributed by atoms with Crippen molar-refractivity contribution < 1.29 is 80.2 Å². The van der Waals surface area contributed by atoms with Gasteiger partial charge < -0.3 is 33.8 Å². The van der Waals surface area contributed by atoms with Gasteiger partial charge in [0.1, 0.15) is 19.3 Å². The number of ether oxygens (including phenoxy) is 4. The van der Waals surface area contributed by atoms with E-state index in [1.54, 1.807) is 0 Å². The number of carbonyl (C=O) groups is 4. The molecule has 0 bridgehead atoms. The molecule has 4 unspecified atom stereocenters. The largest absolute Gasteiger partial charge is 0.472 e. The minimum absolute atomic E-state index is 0.108. The highest BCUT2D eigenvalue weighted by atomic mass is 31.2. The second kappa shape index (κ2) is 78.9. The van der Waals surface area contributed by atoms with E-state index in [0.29, 0.717) is 25.7 Å². The van der Waals surface area contributed by atoms with Crippen molar-refractivity contribution in [1.29, 1.82) is 0 Å². The lowest BCUT2D eigenvalue weighted by Gasteiger charge is -2.21. The van der Waals surface area contributed by atoms with Crippen LogP contribution < -0.4 is 0 Å². The maximum Gasteiger partial charge on any atom is 0.472 e. The fourth-order valence-electron chi connectivity index (χ4n) is 13.8. The first-order valence-electron chi connectivity index (χ1n) is 45.9. The van der Waals surface area contributed by atoms with Crippen molar-refractivity contribution in [1.82, 2.24) is 0 Å². The molecule has 0 aliphatic carbocycles. The van der Waals surface area contributed by atoms with E-state index in [1.807, 2.05) is 0 Å². The van der Waals surface area contributed by atoms with Crippen LogP contribution in [0.5, 0.6) is 0 Å². The Morgan fingerprint density at radius 2 is 0.472 bits per heavy atom. The number of aliphatic hydroxyl groups excluding tert-OH is 1. The molecule has 0 amide bonds. The summed E-state index contributed by atoms with van der Waals surface area (Å²) in [6, 6.07) is 0. The van der Waals surface area contributed by atoms with Gasteiger partial charge >= 0.3 is 39.5 Å². The maximum absolute atomic E-state index is 13.2. The van der Waals surface area contributed by atoms with Gasteiger partial charge in [-0.1, -0.05) is 421 Å². The molecule has 642 valence electrons. The Morgan fingerprint density at radius 3 is 0.704 bits per heavy atom. The van der Waals surface area contributed by atoms with Crippen LogP contribution in [0, 0.1) is 17.8 Å². The zero-order valence-corrected chi connectivity index (χ0v) is 73.1. The highest BCUT2D eigenvalue weighted by molar-refractivity contribution is 7.47. The molecule has 0 aliphatic heterocycles. The first kappa shape index (κ1) is 106. The van der Waals surface area contributed by atoms with Gasteiger partial charge in [-0.3, -0.25) is 37.3 Å². The van der Waals surface area contributed by atoms with Gasteiger partial charge in [0.25, 0.3) is 0 Å². The van der Waals surface area contributed by atoms with Crippen molar-refractivity contribution in [3.63, 3.8) is 0 Å². The number of rotatable bonds is 87. The van der Waals surface area contributed by atoms with Gasteiger partial charge in [-0.05, 0) is 43.4 Å². The molecule has 0 saturated carbocycles. The lowest BCUT2D eigenvalue weighted by Crippen LogP contribution is -2.30. The van der Waals surface area contributed by atoms with Crippen LogP contribution in [0.25, 0.3) is 0 Å². The highest BCUT2D eigenvalue weighted by Gasteiger charge is 2.31. The summed E-state index contributed by atoms with van der Waals surface area (Å²) in [4.78, 5) is 73.4. The van der Waals surface area contributed by atoms with E-state index in [1.165, 1.54) is 283 Å². The van der Waals surface area contributed by atoms with Crippen molar-refractivity contribution in [3.8, 4) is 0 Å². The van der Waals surface area contributed by atoms with Gasteiger partial charge in [0.2, 0.25) is 0 Å². The van der Waals surface area contributed by atoms with E-state index < -0.39 is 97.5 Å². The molecule has 3 N–H and O–H groups in total. The van der Waals surface area contributed by atoms with Crippen LogP contribution in [0.3, 0.4) is 0 Å². The zero-order chi connectivity index (χ0) is 79.3. The average Bonchev–Trinajstić information content (AvgIpc) is 0.922. The van der Waals surface area contributed by atoms with Crippen molar-refractivity contribution in [3.05, 3.63) is 0 Å². The summed E-state index contributed by atoms with van der Waals surface area (Å²) in [5.74, 6) is 0.348. The van der Waals surface area contributed by atoms with Crippen LogP contribution in [0.4, 0.5) is 0 Å². The molecule has 108 heavy (non-hydrogen) atoms. The first-order chi connectivity index (χ1) is 52.3. The molecule has 0 spiro atoms. The molecule has 17 nitrogen and oxygen atoms in total. The third kappa shape index (κ3) is 79.3. The Hall–Kier alpha value is -1.94. The van der Waals surface area contributed by atoms with E-state index in [2.05, 4.69) is 48.5 Å². The van der Waals surface area contributed by atoms with Crippen LogP contribution in [0.15, 0.2) is 0 Å². The molecule has 0 aliphatic rings. The van der Waals surface area contributed by atoms with E-state index >= 15 is 0 Å². The molecule has 0 heterocycles. The number of phosphoric ester groups is 2. The predicted octanol–water partition coefficient (Wildman–Crippen LogP) is 27.3. The SMILES string of the molecule is CCCCCCCCCCCCCCCCCCCC(=O)O[C@H](COC(=O)CCCCCCCCCCC(C)CC)COP(=O)(O)OC[C@H](O)COP(=O)(O)OC[C@@H](COC(=O)CCCCCCCCCCCCCCCCC(C)C)OC(=O)CCCCCCCCCCCCCCCCCCCCC(C)CC. The Balaban J connectivity index is 5.25. The van der Waals surface area contributed by atoms with Gasteiger partial charge in [0, 0.05) is 25.7 Å². The molecule has 19 heteroatoms. The fourth-order valence-corrected chi connectivity index (χ4v) is 15.4. The van der Waals surface area contributed by atoms with Gasteiger partial charge in [-0.25, -0.2) is 9.13 Å². The Bertz CT molecular complexity index is 2080. The normalized spacial score (nSPS) is 14.3. The summed E-state index contributed by atoms with van der Waals surface area (Å²) >= 11 is 0. The van der Waals surface area contributed by atoms with Crippen LogP contribution in [-0.2, 0) is 65.4 Å². The quantitative estimate of drug-likeness (QED) is 0.0222. The van der Waals surface area contributed by atoms with E-state index in [9.17, 15) is 43.2 Å². The molecule has 0 aromatic rings.